The lowest BCUT2D eigenvalue weighted by Crippen LogP contribution is -2.21. The highest BCUT2D eigenvalue weighted by atomic mass is 32.2. The molecule has 0 spiro atoms. The van der Waals surface area contributed by atoms with Gasteiger partial charge in [-0.05, 0) is 42.5 Å². The third kappa shape index (κ3) is 3.44. The molecule has 0 saturated heterocycles. The van der Waals surface area contributed by atoms with Crippen molar-refractivity contribution in [2.75, 3.05) is 19.0 Å². The molecule has 0 aromatic heterocycles. The molecule has 0 aliphatic carbocycles. The van der Waals surface area contributed by atoms with Gasteiger partial charge in [-0.3, -0.25) is 4.79 Å². The standard InChI is InChI=1S/C15H16N2O4S/c1-21-12-3-2-4-14(9-12)22(19,20)13-7-5-11(6-8-13)17-15(18)10-16/h2-9H,10,16H2,1H3,(H,17,18). The Balaban J connectivity index is 2.31. The van der Waals surface area contributed by atoms with Crippen LogP contribution >= 0.6 is 0 Å². The van der Waals surface area contributed by atoms with Crippen molar-refractivity contribution in [2.24, 2.45) is 5.73 Å². The monoisotopic (exact) mass is 320 g/mol. The number of carbonyl (C=O) groups is 1. The van der Waals surface area contributed by atoms with Gasteiger partial charge in [0.2, 0.25) is 15.7 Å². The molecule has 0 fully saturated rings. The van der Waals surface area contributed by atoms with E-state index in [1.807, 2.05) is 0 Å². The molecular weight excluding hydrogens is 304 g/mol. The van der Waals surface area contributed by atoms with Crippen LogP contribution in [0.15, 0.2) is 58.3 Å². The first-order valence-corrected chi connectivity index (χ1v) is 7.95. The van der Waals surface area contributed by atoms with Crippen LogP contribution in [0, 0.1) is 0 Å². The Kier molecular flexibility index (Phi) is 4.79. The van der Waals surface area contributed by atoms with Gasteiger partial charge in [-0.1, -0.05) is 6.07 Å². The van der Waals surface area contributed by atoms with Crippen molar-refractivity contribution in [1.82, 2.24) is 0 Å². The van der Waals surface area contributed by atoms with Gasteiger partial charge in [0.05, 0.1) is 23.4 Å². The van der Waals surface area contributed by atoms with E-state index in [-0.39, 0.29) is 22.2 Å². The Morgan fingerprint density at radius 2 is 1.82 bits per heavy atom. The zero-order chi connectivity index (χ0) is 16.2. The van der Waals surface area contributed by atoms with Crippen molar-refractivity contribution in [2.45, 2.75) is 9.79 Å². The summed E-state index contributed by atoms with van der Waals surface area (Å²) < 4.78 is 30.1. The average Bonchev–Trinajstić information content (AvgIpc) is 2.55. The second-order valence-corrected chi connectivity index (χ2v) is 6.41. The first-order valence-electron chi connectivity index (χ1n) is 6.46. The molecule has 0 aliphatic rings. The lowest BCUT2D eigenvalue weighted by atomic mass is 10.3. The average molecular weight is 320 g/mol. The summed E-state index contributed by atoms with van der Waals surface area (Å²) in [5, 5.41) is 2.55. The van der Waals surface area contributed by atoms with E-state index in [0.29, 0.717) is 11.4 Å². The number of hydrogen-bond acceptors (Lipinski definition) is 5. The number of amides is 1. The highest BCUT2D eigenvalue weighted by Gasteiger charge is 2.18. The van der Waals surface area contributed by atoms with Crippen molar-refractivity contribution in [3.05, 3.63) is 48.5 Å². The van der Waals surface area contributed by atoms with Gasteiger partial charge in [0.25, 0.3) is 0 Å². The molecule has 0 unspecified atom stereocenters. The van der Waals surface area contributed by atoms with Crippen molar-refractivity contribution in [1.29, 1.82) is 0 Å². The van der Waals surface area contributed by atoms with E-state index < -0.39 is 9.84 Å². The molecule has 0 bridgehead atoms. The summed E-state index contributed by atoms with van der Waals surface area (Å²) in [6.45, 7) is -0.135. The van der Waals surface area contributed by atoms with E-state index in [1.165, 1.54) is 43.5 Å². The number of nitrogens with one attached hydrogen (secondary N) is 1. The normalized spacial score (nSPS) is 11.0. The molecule has 6 nitrogen and oxygen atoms in total. The van der Waals surface area contributed by atoms with E-state index in [1.54, 1.807) is 12.1 Å². The predicted octanol–water partition coefficient (Wildman–Crippen LogP) is 1.43. The van der Waals surface area contributed by atoms with Crippen LogP contribution in [0.4, 0.5) is 5.69 Å². The molecule has 1 amide bonds. The van der Waals surface area contributed by atoms with E-state index in [2.05, 4.69) is 5.32 Å². The SMILES string of the molecule is COc1cccc(S(=O)(=O)c2ccc(NC(=O)CN)cc2)c1. The highest BCUT2D eigenvalue weighted by molar-refractivity contribution is 7.91. The van der Waals surface area contributed by atoms with Crippen molar-refractivity contribution in [3.63, 3.8) is 0 Å². The fraction of sp³-hybridized carbons (Fsp3) is 0.133. The van der Waals surface area contributed by atoms with Gasteiger partial charge >= 0.3 is 0 Å². The third-order valence-corrected chi connectivity index (χ3v) is 4.75. The largest absolute Gasteiger partial charge is 0.497 e. The van der Waals surface area contributed by atoms with E-state index >= 15 is 0 Å². The fourth-order valence-electron chi connectivity index (χ4n) is 1.83. The number of sulfone groups is 1. The number of anilines is 1. The summed E-state index contributed by atoms with van der Waals surface area (Å²) in [5.41, 5.74) is 5.69. The molecule has 0 aliphatic heterocycles. The van der Waals surface area contributed by atoms with Crippen LogP contribution in [-0.4, -0.2) is 28.0 Å². The molecule has 22 heavy (non-hydrogen) atoms. The third-order valence-electron chi connectivity index (χ3n) is 2.99. The number of carbonyl (C=O) groups excluding carboxylic acids is 1. The fourth-order valence-corrected chi connectivity index (χ4v) is 3.13. The predicted molar refractivity (Wildman–Crippen MR) is 82.6 cm³/mol. The summed E-state index contributed by atoms with van der Waals surface area (Å²) in [6, 6.07) is 12.1. The van der Waals surface area contributed by atoms with Gasteiger partial charge < -0.3 is 15.8 Å². The Bertz CT molecular complexity index is 770. The zero-order valence-electron chi connectivity index (χ0n) is 11.9. The number of nitrogens with two attached hydrogens (primary N) is 1. The number of benzene rings is 2. The number of rotatable bonds is 5. The van der Waals surface area contributed by atoms with Crippen molar-refractivity contribution in [3.8, 4) is 5.75 Å². The molecule has 0 radical (unpaired) electrons. The molecule has 0 heterocycles. The summed E-state index contributed by atoms with van der Waals surface area (Å²) >= 11 is 0. The van der Waals surface area contributed by atoms with Crippen LogP contribution in [0.3, 0.4) is 0 Å². The maximum atomic E-state index is 12.5. The Labute approximate surface area is 128 Å². The second kappa shape index (κ2) is 6.59. The number of hydrogen-bond donors (Lipinski definition) is 2. The topological polar surface area (TPSA) is 98.5 Å². The Morgan fingerprint density at radius 1 is 1.14 bits per heavy atom. The highest BCUT2D eigenvalue weighted by Crippen LogP contribution is 2.25. The van der Waals surface area contributed by atoms with Crippen LogP contribution in [0.5, 0.6) is 5.75 Å². The minimum absolute atomic E-state index is 0.131. The number of methoxy groups -OCH3 is 1. The van der Waals surface area contributed by atoms with Crippen LogP contribution in [-0.2, 0) is 14.6 Å². The van der Waals surface area contributed by atoms with Crippen molar-refractivity contribution < 1.29 is 17.9 Å². The first kappa shape index (κ1) is 16.0. The molecule has 2 rings (SSSR count). The quantitative estimate of drug-likeness (QED) is 0.868. The van der Waals surface area contributed by atoms with Gasteiger partial charge in [-0.2, -0.15) is 0 Å². The van der Waals surface area contributed by atoms with Crippen LogP contribution in [0.25, 0.3) is 0 Å². The Morgan fingerprint density at radius 3 is 2.41 bits per heavy atom. The first-order chi connectivity index (χ1) is 10.5. The summed E-state index contributed by atoms with van der Waals surface area (Å²) in [4.78, 5) is 11.5. The van der Waals surface area contributed by atoms with Gasteiger partial charge in [0, 0.05) is 5.69 Å². The lowest BCUT2D eigenvalue weighted by molar-refractivity contribution is -0.114. The minimum Gasteiger partial charge on any atom is -0.497 e. The number of ether oxygens (including phenoxy) is 1. The molecule has 116 valence electrons. The molecule has 2 aromatic carbocycles. The van der Waals surface area contributed by atoms with E-state index in [0.717, 1.165) is 0 Å². The van der Waals surface area contributed by atoms with Crippen molar-refractivity contribution >= 4 is 21.4 Å². The maximum Gasteiger partial charge on any atom is 0.238 e. The smallest absolute Gasteiger partial charge is 0.238 e. The van der Waals surface area contributed by atoms with Gasteiger partial charge in [0.1, 0.15) is 5.75 Å². The molecule has 0 saturated carbocycles. The summed E-state index contributed by atoms with van der Waals surface area (Å²) in [6.07, 6.45) is 0. The molecular formula is C15H16N2O4S. The Hall–Kier alpha value is -2.38. The van der Waals surface area contributed by atoms with Gasteiger partial charge in [-0.25, -0.2) is 8.42 Å². The zero-order valence-corrected chi connectivity index (χ0v) is 12.8. The minimum atomic E-state index is -3.64. The molecule has 3 N–H and O–H groups in total. The van der Waals surface area contributed by atoms with E-state index in [4.69, 9.17) is 10.5 Å². The maximum absolute atomic E-state index is 12.5. The van der Waals surface area contributed by atoms with E-state index in [9.17, 15) is 13.2 Å². The van der Waals surface area contributed by atoms with Gasteiger partial charge in [-0.15, -0.1) is 0 Å². The van der Waals surface area contributed by atoms with Crippen LogP contribution in [0.2, 0.25) is 0 Å². The second-order valence-electron chi connectivity index (χ2n) is 4.46. The van der Waals surface area contributed by atoms with Crippen LogP contribution in [0.1, 0.15) is 0 Å². The molecule has 0 atom stereocenters. The summed E-state index contributed by atoms with van der Waals surface area (Å²) in [5.74, 6) is 0.122. The molecule has 7 heteroatoms. The lowest BCUT2D eigenvalue weighted by Gasteiger charge is -2.08. The van der Waals surface area contributed by atoms with Gasteiger partial charge in [0.15, 0.2) is 0 Å². The molecule has 2 aromatic rings. The summed E-state index contributed by atoms with van der Waals surface area (Å²) in [7, 11) is -2.17. The van der Waals surface area contributed by atoms with Crippen LogP contribution < -0.4 is 15.8 Å².